The molecule has 1 amide bonds. The summed E-state index contributed by atoms with van der Waals surface area (Å²) in [5.41, 5.74) is 2.38. The lowest BCUT2D eigenvalue weighted by Gasteiger charge is -2.03. The van der Waals surface area contributed by atoms with E-state index in [0.717, 1.165) is 12.0 Å². The van der Waals surface area contributed by atoms with Crippen LogP contribution in [0.4, 0.5) is 0 Å². The van der Waals surface area contributed by atoms with E-state index >= 15 is 0 Å². The van der Waals surface area contributed by atoms with E-state index in [2.05, 4.69) is 25.9 Å². The molecule has 0 fully saturated rings. The monoisotopic (exact) mass is 245 g/mol. The zero-order valence-corrected chi connectivity index (χ0v) is 10.2. The lowest BCUT2D eigenvalue weighted by atomic mass is 10.1. The number of tetrazole rings is 1. The van der Waals surface area contributed by atoms with Gasteiger partial charge in [0, 0.05) is 6.42 Å². The van der Waals surface area contributed by atoms with Crippen molar-refractivity contribution in [1.82, 2.24) is 25.9 Å². The largest absolute Gasteiger partial charge is 0.349 e. The molecule has 0 saturated carbocycles. The first kappa shape index (κ1) is 12.2. The van der Waals surface area contributed by atoms with E-state index in [-0.39, 0.29) is 5.91 Å². The third kappa shape index (κ3) is 3.65. The van der Waals surface area contributed by atoms with Gasteiger partial charge < -0.3 is 5.32 Å². The smallest absolute Gasteiger partial charge is 0.220 e. The van der Waals surface area contributed by atoms with Crippen LogP contribution in [-0.4, -0.2) is 26.5 Å². The number of amides is 1. The van der Waals surface area contributed by atoms with E-state index in [0.29, 0.717) is 18.8 Å². The third-order valence-corrected chi connectivity index (χ3v) is 2.59. The van der Waals surface area contributed by atoms with E-state index in [9.17, 15) is 4.79 Å². The number of aryl methyl sites for hydroxylation is 2. The topological polar surface area (TPSA) is 83.6 Å². The lowest BCUT2D eigenvalue weighted by Crippen LogP contribution is -2.23. The number of nitrogens with zero attached hydrogens (tertiary/aromatic N) is 3. The summed E-state index contributed by atoms with van der Waals surface area (Å²) in [7, 11) is 0. The highest BCUT2D eigenvalue weighted by Gasteiger charge is 2.04. The standard InChI is InChI=1S/C12H15N5O/c1-9-2-4-10(5-3-9)6-7-12(18)13-8-11-14-16-17-15-11/h2-5H,6-8H2,1H3,(H,13,18)(H,14,15,16,17). The van der Waals surface area contributed by atoms with E-state index < -0.39 is 0 Å². The minimum Gasteiger partial charge on any atom is -0.349 e. The van der Waals surface area contributed by atoms with Crippen molar-refractivity contribution >= 4 is 5.91 Å². The number of benzene rings is 1. The van der Waals surface area contributed by atoms with Gasteiger partial charge in [-0.3, -0.25) is 4.79 Å². The molecule has 1 aromatic heterocycles. The molecule has 0 aliphatic heterocycles. The first-order chi connectivity index (χ1) is 8.74. The highest BCUT2D eigenvalue weighted by molar-refractivity contribution is 5.76. The number of aromatic amines is 1. The number of carbonyl (C=O) groups is 1. The number of carbonyl (C=O) groups excluding carboxylic acids is 1. The average molecular weight is 245 g/mol. The second-order valence-electron chi connectivity index (χ2n) is 4.09. The van der Waals surface area contributed by atoms with Crippen LogP contribution < -0.4 is 5.32 Å². The predicted molar refractivity (Wildman–Crippen MR) is 65.5 cm³/mol. The van der Waals surface area contributed by atoms with Gasteiger partial charge >= 0.3 is 0 Å². The van der Waals surface area contributed by atoms with Crippen LogP contribution in [0, 0.1) is 6.92 Å². The van der Waals surface area contributed by atoms with Gasteiger partial charge in [0.1, 0.15) is 0 Å². The molecule has 0 saturated heterocycles. The Morgan fingerprint density at radius 2 is 2.11 bits per heavy atom. The minimum atomic E-state index is -0.0135. The lowest BCUT2D eigenvalue weighted by molar-refractivity contribution is -0.121. The zero-order valence-electron chi connectivity index (χ0n) is 10.2. The Balaban J connectivity index is 1.73. The molecule has 1 heterocycles. The van der Waals surface area contributed by atoms with Crippen LogP contribution in [0.3, 0.4) is 0 Å². The van der Waals surface area contributed by atoms with Crippen LogP contribution >= 0.6 is 0 Å². The van der Waals surface area contributed by atoms with E-state index in [1.807, 2.05) is 31.2 Å². The van der Waals surface area contributed by atoms with Crippen molar-refractivity contribution in [2.24, 2.45) is 0 Å². The van der Waals surface area contributed by atoms with E-state index in [1.165, 1.54) is 5.56 Å². The molecule has 0 unspecified atom stereocenters. The van der Waals surface area contributed by atoms with Crippen molar-refractivity contribution in [2.75, 3.05) is 0 Å². The Hall–Kier alpha value is -2.24. The second kappa shape index (κ2) is 5.90. The maximum absolute atomic E-state index is 11.6. The molecule has 0 bridgehead atoms. The summed E-state index contributed by atoms with van der Waals surface area (Å²) in [5, 5.41) is 16.0. The molecular weight excluding hydrogens is 230 g/mol. The Morgan fingerprint density at radius 1 is 1.33 bits per heavy atom. The number of hydrogen-bond donors (Lipinski definition) is 2. The first-order valence-electron chi connectivity index (χ1n) is 5.78. The van der Waals surface area contributed by atoms with Gasteiger partial charge in [0.15, 0.2) is 5.82 Å². The van der Waals surface area contributed by atoms with Gasteiger partial charge in [0.25, 0.3) is 0 Å². The molecule has 0 aliphatic carbocycles. The van der Waals surface area contributed by atoms with Crippen LogP contribution in [0.5, 0.6) is 0 Å². The van der Waals surface area contributed by atoms with Crippen molar-refractivity contribution in [3.05, 3.63) is 41.2 Å². The molecule has 94 valence electrons. The SMILES string of the molecule is Cc1ccc(CCC(=O)NCc2nn[nH]n2)cc1. The van der Waals surface area contributed by atoms with Gasteiger partial charge in [-0.1, -0.05) is 35.0 Å². The third-order valence-electron chi connectivity index (χ3n) is 2.59. The molecule has 6 nitrogen and oxygen atoms in total. The Morgan fingerprint density at radius 3 is 2.78 bits per heavy atom. The Labute approximate surface area is 105 Å². The minimum absolute atomic E-state index is 0.0135. The molecule has 0 aliphatic rings. The first-order valence-corrected chi connectivity index (χ1v) is 5.78. The Bertz CT molecular complexity index is 492. The average Bonchev–Trinajstić information content (AvgIpc) is 2.89. The summed E-state index contributed by atoms with van der Waals surface area (Å²) < 4.78 is 0. The molecule has 1 aromatic carbocycles. The van der Waals surface area contributed by atoms with E-state index in [4.69, 9.17) is 0 Å². The predicted octanol–water partition coefficient (Wildman–Crippen LogP) is 0.757. The van der Waals surface area contributed by atoms with Gasteiger partial charge in [0.05, 0.1) is 6.54 Å². The molecule has 2 rings (SSSR count). The van der Waals surface area contributed by atoms with Crippen molar-refractivity contribution in [2.45, 2.75) is 26.3 Å². The quantitative estimate of drug-likeness (QED) is 0.814. The fourth-order valence-electron chi connectivity index (χ4n) is 1.54. The fraction of sp³-hybridized carbons (Fsp3) is 0.333. The molecule has 6 heteroatoms. The number of H-pyrrole nitrogens is 1. The van der Waals surface area contributed by atoms with Gasteiger partial charge in [-0.2, -0.15) is 5.21 Å². The van der Waals surface area contributed by atoms with Gasteiger partial charge in [-0.05, 0) is 18.9 Å². The van der Waals surface area contributed by atoms with Crippen molar-refractivity contribution in [1.29, 1.82) is 0 Å². The highest BCUT2D eigenvalue weighted by Crippen LogP contribution is 2.05. The van der Waals surface area contributed by atoms with Crippen molar-refractivity contribution < 1.29 is 4.79 Å². The van der Waals surface area contributed by atoms with Crippen LogP contribution in [-0.2, 0) is 17.8 Å². The molecule has 18 heavy (non-hydrogen) atoms. The van der Waals surface area contributed by atoms with E-state index in [1.54, 1.807) is 0 Å². The van der Waals surface area contributed by atoms with Crippen LogP contribution in [0.2, 0.25) is 0 Å². The number of hydrogen-bond acceptors (Lipinski definition) is 4. The van der Waals surface area contributed by atoms with Gasteiger partial charge in [-0.25, -0.2) is 0 Å². The summed E-state index contributed by atoms with van der Waals surface area (Å²) in [5.74, 6) is 0.471. The summed E-state index contributed by atoms with van der Waals surface area (Å²) in [6.07, 6.45) is 1.19. The summed E-state index contributed by atoms with van der Waals surface area (Å²) >= 11 is 0. The number of aromatic nitrogens is 4. The second-order valence-corrected chi connectivity index (χ2v) is 4.09. The molecule has 2 N–H and O–H groups in total. The summed E-state index contributed by atoms with van der Waals surface area (Å²) in [6.45, 7) is 2.35. The molecule has 0 radical (unpaired) electrons. The number of nitrogens with one attached hydrogen (secondary N) is 2. The maximum atomic E-state index is 11.6. The maximum Gasteiger partial charge on any atom is 0.220 e. The fourth-order valence-corrected chi connectivity index (χ4v) is 1.54. The van der Waals surface area contributed by atoms with Crippen molar-refractivity contribution in [3.8, 4) is 0 Å². The van der Waals surface area contributed by atoms with Gasteiger partial charge in [0.2, 0.25) is 5.91 Å². The van der Waals surface area contributed by atoms with Gasteiger partial charge in [-0.15, -0.1) is 10.2 Å². The normalized spacial score (nSPS) is 10.3. The van der Waals surface area contributed by atoms with Crippen LogP contribution in [0.25, 0.3) is 0 Å². The highest BCUT2D eigenvalue weighted by atomic mass is 16.1. The van der Waals surface area contributed by atoms with Crippen molar-refractivity contribution in [3.63, 3.8) is 0 Å². The Kier molecular flexibility index (Phi) is 4.01. The molecule has 2 aromatic rings. The molecule has 0 spiro atoms. The molecule has 0 atom stereocenters. The molecular formula is C12H15N5O. The zero-order chi connectivity index (χ0) is 12.8. The summed E-state index contributed by atoms with van der Waals surface area (Å²) in [6, 6.07) is 8.18. The number of rotatable bonds is 5. The van der Waals surface area contributed by atoms with Crippen LogP contribution in [0.15, 0.2) is 24.3 Å². The van der Waals surface area contributed by atoms with Crippen LogP contribution in [0.1, 0.15) is 23.4 Å². The summed E-state index contributed by atoms with van der Waals surface area (Å²) in [4.78, 5) is 11.6.